The van der Waals surface area contributed by atoms with Gasteiger partial charge in [-0.05, 0) is 17.8 Å². The van der Waals surface area contributed by atoms with E-state index in [1.807, 2.05) is 0 Å². The number of hydrogen-bond acceptors (Lipinski definition) is 3. The third kappa shape index (κ3) is 3.08. The second kappa shape index (κ2) is 5.17. The van der Waals surface area contributed by atoms with Crippen LogP contribution in [0.4, 0.5) is 0 Å². The van der Waals surface area contributed by atoms with Gasteiger partial charge in [0.05, 0.1) is 6.10 Å². The van der Waals surface area contributed by atoms with E-state index in [0.717, 1.165) is 0 Å². The van der Waals surface area contributed by atoms with Crippen molar-refractivity contribution in [3.63, 3.8) is 0 Å². The van der Waals surface area contributed by atoms with Crippen molar-refractivity contribution in [3.8, 4) is 0 Å². The summed E-state index contributed by atoms with van der Waals surface area (Å²) in [5, 5.41) is 0. The van der Waals surface area contributed by atoms with Gasteiger partial charge in [0.15, 0.2) is 0 Å². The predicted octanol–water partition coefficient (Wildman–Crippen LogP) is 2.42. The van der Waals surface area contributed by atoms with Crippen molar-refractivity contribution in [2.24, 2.45) is 17.8 Å². The third-order valence-corrected chi connectivity index (χ3v) is 3.91. The zero-order valence-electron chi connectivity index (χ0n) is 9.70. The van der Waals surface area contributed by atoms with Gasteiger partial charge in [-0.2, -0.15) is 0 Å². The van der Waals surface area contributed by atoms with E-state index in [1.165, 1.54) is 6.92 Å². The van der Waals surface area contributed by atoms with Gasteiger partial charge in [-0.15, -0.1) is 0 Å². The lowest BCUT2D eigenvalue weighted by atomic mass is 9.80. The van der Waals surface area contributed by atoms with Crippen LogP contribution in [0.1, 0.15) is 27.7 Å². The van der Waals surface area contributed by atoms with Gasteiger partial charge in [0.1, 0.15) is 12.2 Å². The van der Waals surface area contributed by atoms with Crippen molar-refractivity contribution >= 4 is 17.6 Å². The molecule has 4 heteroatoms. The summed E-state index contributed by atoms with van der Waals surface area (Å²) in [5.74, 6) is 0.884. The van der Waals surface area contributed by atoms with E-state index in [0.29, 0.717) is 24.4 Å². The maximum Gasteiger partial charge on any atom is 0.302 e. The molecular formula is C11H19ClO3. The minimum atomic E-state index is -0.281. The minimum Gasteiger partial charge on any atom is -0.463 e. The standard InChI is InChI=1S/C11H19ClO3/c1-6-7(2)10(5-14-9(4)13)15-11(12)8(6)3/h6-8,10-11H,5H2,1-4H3. The summed E-state index contributed by atoms with van der Waals surface area (Å²) in [7, 11) is 0. The second-order valence-corrected chi connectivity index (χ2v) is 4.84. The molecule has 1 heterocycles. The first kappa shape index (κ1) is 12.8. The smallest absolute Gasteiger partial charge is 0.302 e. The first-order valence-corrected chi connectivity index (χ1v) is 5.80. The molecule has 0 saturated carbocycles. The highest BCUT2D eigenvalue weighted by Crippen LogP contribution is 2.36. The number of carbonyl (C=O) groups is 1. The molecule has 0 N–H and O–H groups in total. The fraction of sp³-hybridized carbons (Fsp3) is 0.909. The van der Waals surface area contributed by atoms with Crippen LogP contribution in [0.15, 0.2) is 0 Å². The van der Waals surface area contributed by atoms with Gasteiger partial charge >= 0.3 is 5.97 Å². The fourth-order valence-corrected chi connectivity index (χ4v) is 2.22. The molecular weight excluding hydrogens is 216 g/mol. The molecule has 0 aromatic rings. The maximum absolute atomic E-state index is 10.7. The van der Waals surface area contributed by atoms with E-state index >= 15 is 0 Å². The molecule has 3 nitrogen and oxygen atoms in total. The van der Waals surface area contributed by atoms with Crippen molar-refractivity contribution in [1.29, 1.82) is 0 Å². The highest BCUT2D eigenvalue weighted by Gasteiger charge is 2.38. The summed E-state index contributed by atoms with van der Waals surface area (Å²) in [6.07, 6.45) is -0.0809. The van der Waals surface area contributed by atoms with E-state index in [2.05, 4.69) is 20.8 Å². The van der Waals surface area contributed by atoms with E-state index in [4.69, 9.17) is 21.1 Å². The molecule has 5 atom stereocenters. The molecule has 0 aromatic heterocycles. The Balaban J connectivity index is 2.54. The van der Waals surface area contributed by atoms with Crippen LogP contribution in [0.2, 0.25) is 0 Å². The Bertz CT molecular complexity index is 232. The molecule has 15 heavy (non-hydrogen) atoms. The summed E-state index contributed by atoms with van der Waals surface area (Å²) in [4.78, 5) is 10.7. The SMILES string of the molecule is CC(=O)OCC1OC(Cl)C(C)C(C)C1C. The van der Waals surface area contributed by atoms with Crippen LogP contribution in [-0.2, 0) is 14.3 Å². The molecule has 0 bridgehead atoms. The average Bonchev–Trinajstić information content (AvgIpc) is 2.18. The Hall–Kier alpha value is -0.280. The fourth-order valence-electron chi connectivity index (χ4n) is 1.86. The third-order valence-electron chi connectivity index (χ3n) is 3.41. The summed E-state index contributed by atoms with van der Waals surface area (Å²) in [6.45, 7) is 8.06. The lowest BCUT2D eigenvalue weighted by molar-refractivity contribution is -0.157. The van der Waals surface area contributed by atoms with E-state index in [1.54, 1.807) is 0 Å². The molecule has 1 aliphatic heterocycles. The van der Waals surface area contributed by atoms with Crippen LogP contribution < -0.4 is 0 Å². The molecule has 5 unspecified atom stereocenters. The average molecular weight is 235 g/mol. The predicted molar refractivity (Wildman–Crippen MR) is 58.6 cm³/mol. The number of ether oxygens (including phenoxy) is 2. The number of halogens is 1. The van der Waals surface area contributed by atoms with Gasteiger partial charge in [0.25, 0.3) is 0 Å². The van der Waals surface area contributed by atoms with Crippen molar-refractivity contribution in [1.82, 2.24) is 0 Å². The molecule has 1 aliphatic rings. The summed E-state index contributed by atoms with van der Waals surface area (Å²) in [5.41, 5.74) is -0.281. The van der Waals surface area contributed by atoms with Crippen molar-refractivity contribution < 1.29 is 14.3 Å². The largest absolute Gasteiger partial charge is 0.463 e. The summed E-state index contributed by atoms with van der Waals surface area (Å²) < 4.78 is 10.6. The van der Waals surface area contributed by atoms with Crippen LogP contribution in [0.25, 0.3) is 0 Å². The van der Waals surface area contributed by atoms with Crippen LogP contribution in [0, 0.1) is 17.8 Å². The van der Waals surface area contributed by atoms with Crippen molar-refractivity contribution in [2.75, 3.05) is 6.61 Å². The van der Waals surface area contributed by atoms with Gasteiger partial charge in [0, 0.05) is 6.92 Å². The highest BCUT2D eigenvalue weighted by atomic mass is 35.5. The Kier molecular flexibility index (Phi) is 4.41. The van der Waals surface area contributed by atoms with E-state index < -0.39 is 0 Å². The Labute approximate surface area is 96.1 Å². The van der Waals surface area contributed by atoms with E-state index in [9.17, 15) is 4.79 Å². The number of alkyl halides is 1. The van der Waals surface area contributed by atoms with Crippen molar-refractivity contribution in [3.05, 3.63) is 0 Å². The Morgan fingerprint density at radius 3 is 2.40 bits per heavy atom. The molecule has 0 radical (unpaired) electrons. The number of hydrogen-bond donors (Lipinski definition) is 0. The van der Waals surface area contributed by atoms with Gasteiger partial charge < -0.3 is 9.47 Å². The number of rotatable bonds is 2. The molecule has 0 aliphatic carbocycles. The lowest BCUT2D eigenvalue weighted by Gasteiger charge is -2.41. The monoisotopic (exact) mass is 234 g/mol. The van der Waals surface area contributed by atoms with Gasteiger partial charge in [-0.1, -0.05) is 32.4 Å². The topological polar surface area (TPSA) is 35.5 Å². The molecule has 1 rings (SSSR count). The quantitative estimate of drug-likeness (QED) is 0.544. The first-order chi connectivity index (χ1) is 6.93. The zero-order chi connectivity index (χ0) is 11.6. The zero-order valence-corrected chi connectivity index (χ0v) is 10.5. The lowest BCUT2D eigenvalue weighted by Crippen LogP contribution is -2.44. The molecule has 88 valence electrons. The molecule has 0 aromatic carbocycles. The minimum absolute atomic E-state index is 0.0809. The Morgan fingerprint density at radius 2 is 1.87 bits per heavy atom. The van der Waals surface area contributed by atoms with Gasteiger partial charge in [-0.3, -0.25) is 4.79 Å². The van der Waals surface area contributed by atoms with Crippen LogP contribution in [0.3, 0.4) is 0 Å². The van der Waals surface area contributed by atoms with Crippen LogP contribution in [0.5, 0.6) is 0 Å². The highest BCUT2D eigenvalue weighted by molar-refractivity contribution is 6.19. The van der Waals surface area contributed by atoms with Crippen LogP contribution in [-0.4, -0.2) is 24.2 Å². The second-order valence-electron chi connectivity index (χ2n) is 4.41. The normalized spacial score (nSPS) is 41.3. The van der Waals surface area contributed by atoms with E-state index in [-0.39, 0.29) is 17.6 Å². The molecule has 1 fully saturated rings. The van der Waals surface area contributed by atoms with Crippen molar-refractivity contribution in [2.45, 2.75) is 39.4 Å². The molecule has 0 amide bonds. The van der Waals surface area contributed by atoms with Gasteiger partial charge in [0.2, 0.25) is 0 Å². The van der Waals surface area contributed by atoms with Crippen LogP contribution >= 0.6 is 11.6 Å². The summed E-state index contributed by atoms with van der Waals surface area (Å²) >= 11 is 6.07. The Morgan fingerprint density at radius 1 is 1.27 bits per heavy atom. The summed E-state index contributed by atoms with van der Waals surface area (Å²) in [6, 6.07) is 0. The molecule has 1 saturated heterocycles. The van der Waals surface area contributed by atoms with Gasteiger partial charge in [-0.25, -0.2) is 0 Å². The maximum atomic E-state index is 10.7. The number of carbonyl (C=O) groups excluding carboxylic acids is 1. The number of esters is 1. The first-order valence-electron chi connectivity index (χ1n) is 5.36. The molecule has 0 spiro atoms.